The van der Waals surface area contributed by atoms with Crippen molar-refractivity contribution in [2.75, 3.05) is 31.6 Å². The van der Waals surface area contributed by atoms with Gasteiger partial charge in [0.15, 0.2) is 11.6 Å². The summed E-state index contributed by atoms with van der Waals surface area (Å²) < 4.78 is 25.8. The Kier molecular flexibility index (Phi) is 3.39. The quantitative estimate of drug-likeness (QED) is 0.848. The smallest absolute Gasteiger partial charge is 0.160 e. The molecule has 1 saturated heterocycles. The highest BCUT2D eigenvalue weighted by Crippen LogP contribution is 2.24. The molecule has 16 heavy (non-hydrogen) atoms. The van der Waals surface area contributed by atoms with E-state index in [9.17, 15) is 8.78 Å². The SMILES string of the molecule is CNCC1CCN(c2ccc(F)c(F)c2)C1. The molecule has 0 amide bonds. The largest absolute Gasteiger partial charge is 0.371 e. The molecule has 1 aromatic carbocycles. The summed E-state index contributed by atoms with van der Waals surface area (Å²) in [7, 11) is 1.93. The molecule has 0 saturated carbocycles. The molecule has 1 aliphatic rings. The monoisotopic (exact) mass is 226 g/mol. The van der Waals surface area contributed by atoms with Crippen molar-refractivity contribution in [3.05, 3.63) is 29.8 Å². The zero-order valence-corrected chi connectivity index (χ0v) is 9.34. The van der Waals surface area contributed by atoms with E-state index in [0.29, 0.717) is 5.92 Å². The summed E-state index contributed by atoms with van der Waals surface area (Å²) in [5.74, 6) is -0.956. The predicted molar refractivity (Wildman–Crippen MR) is 60.6 cm³/mol. The summed E-state index contributed by atoms with van der Waals surface area (Å²) >= 11 is 0. The second-order valence-electron chi connectivity index (χ2n) is 4.26. The molecular formula is C12H16F2N2. The van der Waals surface area contributed by atoms with Gasteiger partial charge in [0.05, 0.1) is 0 Å². The number of hydrogen-bond donors (Lipinski definition) is 1. The van der Waals surface area contributed by atoms with E-state index >= 15 is 0 Å². The molecule has 1 aliphatic heterocycles. The minimum Gasteiger partial charge on any atom is -0.371 e. The lowest BCUT2D eigenvalue weighted by Gasteiger charge is -2.18. The highest BCUT2D eigenvalue weighted by Gasteiger charge is 2.22. The molecule has 0 spiro atoms. The minimum absolute atomic E-state index is 0.595. The zero-order valence-electron chi connectivity index (χ0n) is 9.34. The van der Waals surface area contributed by atoms with Crippen molar-refractivity contribution in [1.29, 1.82) is 0 Å². The van der Waals surface area contributed by atoms with Gasteiger partial charge in [-0.2, -0.15) is 0 Å². The zero-order chi connectivity index (χ0) is 11.5. The van der Waals surface area contributed by atoms with Crippen LogP contribution in [0, 0.1) is 17.6 Å². The lowest BCUT2D eigenvalue weighted by Crippen LogP contribution is -2.24. The highest BCUT2D eigenvalue weighted by molar-refractivity contribution is 5.47. The van der Waals surface area contributed by atoms with Gasteiger partial charge in [0.25, 0.3) is 0 Å². The van der Waals surface area contributed by atoms with E-state index in [0.717, 1.165) is 31.7 Å². The van der Waals surface area contributed by atoms with Crippen molar-refractivity contribution in [1.82, 2.24) is 5.32 Å². The molecule has 1 N–H and O–H groups in total. The molecule has 88 valence electrons. The number of anilines is 1. The molecule has 1 unspecified atom stereocenters. The molecule has 1 atom stereocenters. The average molecular weight is 226 g/mol. The Morgan fingerprint density at radius 3 is 2.88 bits per heavy atom. The van der Waals surface area contributed by atoms with Crippen LogP contribution in [0.15, 0.2) is 18.2 Å². The molecular weight excluding hydrogens is 210 g/mol. The van der Waals surface area contributed by atoms with Gasteiger partial charge >= 0.3 is 0 Å². The Hall–Kier alpha value is -1.16. The molecule has 1 heterocycles. The number of nitrogens with one attached hydrogen (secondary N) is 1. The molecule has 2 rings (SSSR count). The summed E-state index contributed by atoms with van der Waals surface area (Å²) in [5, 5.41) is 3.14. The first-order chi connectivity index (χ1) is 7.70. The van der Waals surface area contributed by atoms with Crippen LogP contribution < -0.4 is 10.2 Å². The van der Waals surface area contributed by atoms with Crippen LogP contribution in [-0.2, 0) is 0 Å². The fourth-order valence-corrected chi connectivity index (χ4v) is 2.20. The Balaban J connectivity index is 2.05. The van der Waals surface area contributed by atoms with Crippen molar-refractivity contribution in [2.24, 2.45) is 5.92 Å². The number of nitrogens with zero attached hydrogens (tertiary/aromatic N) is 1. The summed E-state index contributed by atoms with van der Waals surface area (Å²) in [5.41, 5.74) is 0.775. The van der Waals surface area contributed by atoms with Gasteiger partial charge in [-0.25, -0.2) is 8.78 Å². The van der Waals surface area contributed by atoms with E-state index in [4.69, 9.17) is 0 Å². The lowest BCUT2D eigenvalue weighted by atomic mass is 10.1. The van der Waals surface area contributed by atoms with Crippen LogP contribution in [-0.4, -0.2) is 26.7 Å². The van der Waals surface area contributed by atoms with Crippen LogP contribution in [0.2, 0.25) is 0 Å². The normalized spacial score (nSPS) is 20.4. The first kappa shape index (κ1) is 11.3. The van der Waals surface area contributed by atoms with Gasteiger partial charge in [0.2, 0.25) is 0 Å². The van der Waals surface area contributed by atoms with Crippen molar-refractivity contribution < 1.29 is 8.78 Å². The van der Waals surface area contributed by atoms with Gasteiger partial charge < -0.3 is 10.2 Å². The van der Waals surface area contributed by atoms with Gasteiger partial charge in [-0.05, 0) is 38.1 Å². The number of benzene rings is 1. The molecule has 0 aliphatic carbocycles. The van der Waals surface area contributed by atoms with Gasteiger partial charge in [0.1, 0.15) is 0 Å². The third-order valence-corrected chi connectivity index (χ3v) is 3.05. The van der Waals surface area contributed by atoms with Gasteiger partial charge in [-0.1, -0.05) is 0 Å². The number of rotatable bonds is 3. The van der Waals surface area contributed by atoms with E-state index in [-0.39, 0.29) is 0 Å². The van der Waals surface area contributed by atoms with E-state index in [1.54, 1.807) is 6.07 Å². The average Bonchev–Trinajstić information content (AvgIpc) is 2.71. The van der Waals surface area contributed by atoms with E-state index < -0.39 is 11.6 Å². The Labute approximate surface area is 94.3 Å². The molecule has 2 nitrogen and oxygen atoms in total. The van der Waals surface area contributed by atoms with Crippen LogP contribution in [0.3, 0.4) is 0 Å². The molecule has 0 bridgehead atoms. The molecule has 1 aromatic rings. The summed E-state index contributed by atoms with van der Waals surface area (Å²) in [6.45, 7) is 2.80. The first-order valence-corrected chi connectivity index (χ1v) is 5.55. The summed E-state index contributed by atoms with van der Waals surface area (Å²) in [6.07, 6.45) is 1.10. The van der Waals surface area contributed by atoms with E-state index in [1.807, 2.05) is 7.05 Å². The van der Waals surface area contributed by atoms with Gasteiger partial charge in [0, 0.05) is 24.8 Å². The standard InChI is InChI=1S/C12H16F2N2/c1-15-7-9-4-5-16(8-9)10-2-3-11(13)12(14)6-10/h2-3,6,9,15H,4-5,7-8H2,1H3. The van der Waals surface area contributed by atoms with Gasteiger partial charge in [-0.3, -0.25) is 0 Å². The van der Waals surface area contributed by atoms with Crippen LogP contribution in [0.4, 0.5) is 14.5 Å². The fraction of sp³-hybridized carbons (Fsp3) is 0.500. The summed E-state index contributed by atoms with van der Waals surface area (Å²) in [6, 6.07) is 4.10. The maximum absolute atomic E-state index is 13.1. The van der Waals surface area contributed by atoms with Crippen molar-refractivity contribution >= 4 is 5.69 Å². The topological polar surface area (TPSA) is 15.3 Å². The summed E-state index contributed by atoms with van der Waals surface area (Å²) in [4.78, 5) is 2.10. The third kappa shape index (κ3) is 2.32. The van der Waals surface area contributed by atoms with Crippen molar-refractivity contribution in [3.8, 4) is 0 Å². The second kappa shape index (κ2) is 4.78. The predicted octanol–water partition coefficient (Wildman–Crippen LogP) is 2.01. The van der Waals surface area contributed by atoms with Crippen LogP contribution in [0.5, 0.6) is 0 Å². The molecule has 0 radical (unpaired) electrons. The maximum Gasteiger partial charge on any atom is 0.160 e. The van der Waals surface area contributed by atoms with Crippen LogP contribution >= 0.6 is 0 Å². The minimum atomic E-state index is -0.783. The van der Waals surface area contributed by atoms with E-state index in [2.05, 4.69) is 10.2 Å². The van der Waals surface area contributed by atoms with E-state index in [1.165, 1.54) is 12.1 Å². The third-order valence-electron chi connectivity index (χ3n) is 3.05. The fourth-order valence-electron chi connectivity index (χ4n) is 2.20. The van der Waals surface area contributed by atoms with Gasteiger partial charge in [-0.15, -0.1) is 0 Å². The van der Waals surface area contributed by atoms with Crippen LogP contribution in [0.25, 0.3) is 0 Å². The number of hydrogen-bond acceptors (Lipinski definition) is 2. The van der Waals surface area contributed by atoms with Crippen LogP contribution in [0.1, 0.15) is 6.42 Å². The first-order valence-electron chi connectivity index (χ1n) is 5.55. The highest BCUT2D eigenvalue weighted by atomic mass is 19.2. The molecule has 1 fully saturated rings. The molecule has 4 heteroatoms. The maximum atomic E-state index is 13.1. The molecule has 0 aromatic heterocycles. The lowest BCUT2D eigenvalue weighted by molar-refractivity contribution is 0.508. The van der Waals surface area contributed by atoms with Crippen molar-refractivity contribution in [3.63, 3.8) is 0 Å². The Morgan fingerprint density at radius 2 is 2.19 bits per heavy atom. The second-order valence-corrected chi connectivity index (χ2v) is 4.26. The number of halogens is 2. The van der Waals surface area contributed by atoms with Crippen molar-refractivity contribution in [2.45, 2.75) is 6.42 Å². The Morgan fingerprint density at radius 1 is 1.38 bits per heavy atom. The Bertz CT molecular complexity index is 368.